The van der Waals surface area contributed by atoms with E-state index in [9.17, 15) is 25.4 Å². The number of aliphatic hydroxyl groups is 3. The zero-order valence-corrected chi connectivity index (χ0v) is 15.8. The lowest BCUT2D eigenvalue weighted by Gasteiger charge is -2.27. The highest BCUT2D eigenvalue weighted by Gasteiger charge is 2.50. The van der Waals surface area contributed by atoms with Gasteiger partial charge in [-0.3, -0.25) is 14.7 Å². The molecule has 3 N–H and O–H groups in total. The van der Waals surface area contributed by atoms with Crippen LogP contribution in [-0.2, 0) is 16.2 Å². The minimum atomic E-state index is -1.81. The molecule has 0 aliphatic carbocycles. The van der Waals surface area contributed by atoms with Gasteiger partial charge < -0.3 is 20.1 Å². The summed E-state index contributed by atoms with van der Waals surface area (Å²) in [6, 6.07) is 6.22. The number of rotatable bonds is 6. The Bertz CT molecular complexity index is 1040. The lowest BCUT2D eigenvalue weighted by molar-refractivity contribution is -0.384. The highest BCUT2D eigenvalue weighted by atomic mass is 32.2. The highest BCUT2D eigenvalue weighted by molar-refractivity contribution is 7.98. The Labute approximate surface area is 168 Å². The third-order valence-corrected chi connectivity index (χ3v) is 5.81. The zero-order valence-electron chi connectivity index (χ0n) is 15.0. The Balaban J connectivity index is 1.59. The van der Waals surface area contributed by atoms with E-state index in [1.165, 1.54) is 41.1 Å². The first-order chi connectivity index (χ1) is 13.9. The van der Waals surface area contributed by atoms with E-state index in [-0.39, 0.29) is 12.3 Å². The van der Waals surface area contributed by atoms with Crippen LogP contribution in [0, 0.1) is 10.1 Å². The van der Waals surface area contributed by atoms with E-state index in [4.69, 9.17) is 4.74 Å². The summed E-state index contributed by atoms with van der Waals surface area (Å²) in [6.45, 7) is -0.651. The number of nitro benzene ring substituents is 1. The summed E-state index contributed by atoms with van der Waals surface area (Å²) in [4.78, 5) is 23.0. The van der Waals surface area contributed by atoms with Gasteiger partial charge in [0, 0.05) is 17.9 Å². The van der Waals surface area contributed by atoms with Gasteiger partial charge in [-0.15, -0.1) is 0 Å². The van der Waals surface area contributed by atoms with Crippen LogP contribution in [0.15, 0.2) is 41.9 Å². The van der Waals surface area contributed by atoms with Gasteiger partial charge in [0.2, 0.25) is 0 Å². The van der Waals surface area contributed by atoms with E-state index in [0.29, 0.717) is 21.9 Å². The fraction of sp³-hybridized carbons (Fsp3) is 0.353. The van der Waals surface area contributed by atoms with Crippen molar-refractivity contribution in [3.8, 4) is 0 Å². The molecule has 1 saturated heterocycles. The van der Waals surface area contributed by atoms with Crippen LogP contribution in [0.3, 0.4) is 0 Å². The second-order valence-corrected chi connectivity index (χ2v) is 7.50. The summed E-state index contributed by atoms with van der Waals surface area (Å²) in [7, 11) is 0. The number of benzene rings is 1. The van der Waals surface area contributed by atoms with Gasteiger partial charge in [0.1, 0.15) is 29.1 Å². The first-order valence-corrected chi connectivity index (χ1v) is 9.60. The van der Waals surface area contributed by atoms with Gasteiger partial charge in [-0.2, -0.15) is 0 Å². The van der Waals surface area contributed by atoms with Gasteiger partial charge in [-0.1, -0.05) is 23.9 Å². The molecule has 0 unspecified atom stereocenters. The summed E-state index contributed by atoms with van der Waals surface area (Å²) in [5.41, 5.74) is -0.163. The molecule has 0 amide bonds. The SMILES string of the molecule is O=[N+]([O-])c1ccc(CSc2ncnc3c2ncn3[C@@]2(O)CO[C@H](CO)[C@H]2O)cc1. The predicted octanol–water partition coefficient (Wildman–Crippen LogP) is 0.424. The fourth-order valence-electron chi connectivity index (χ4n) is 3.14. The minimum absolute atomic E-state index is 0.0219. The fourth-order valence-corrected chi connectivity index (χ4v) is 4.03. The molecular weight excluding hydrogens is 402 g/mol. The van der Waals surface area contributed by atoms with E-state index >= 15 is 0 Å². The summed E-state index contributed by atoms with van der Waals surface area (Å²) >= 11 is 1.37. The van der Waals surface area contributed by atoms with Gasteiger partial charge >= 0.3 is 0 Å². The molecule has 3 heterocycles. The Morgan fingerprint density at radius 1 is 1.31 bits per heavy atom. The summed E-state index contributed by atoms with van der Waals surface area (Å²) < 4.78 is 6.59. The van der Waals surface area contributed by atoms with Crippen molar-refractivity contribution in [1.29, 1.82) is 0 Å². The van der Waals surface area contributed by atoms with Crippen LogP contribution in [0.4, 0.5) is 5.69 Å². The van der Waals surface area contributed by atoms with Crippen LogP contribution in [0.2, 0.25) is 0 Å². The van der Waals surface area contributed by atoms with Crippen LogP contribution in [0.1, 0.15) is 5.56 Å². The third kappa shape index (κ3) is 3.45. The summed E-state index contributed by atoms with van der Waals surface area (Å²) in [6.07, 6.45) is 0.418. The molecule has 12 heteroatoms. The van der Waals surface area contributed by atoms with Crippen molar-refractivity contribution in [2.45, 2.75) is 28.7 Å². The largest absolute Gasteiger partial charge is 0.394 e. The van der Waals surface area contributed by atoms with Gasteiger partial charge in [0.05, 0.1) is 24.5 Å². The van der Waals surface area contributed by atoms with Crippen LogP contribution in [0.25, 0.3) is 11.2 Å². The molecule has 1 aromatic carbocycles. The van der Waals surface area contributed by atoms with E-state index < -0.39 is 29.5 Å². The first kappa shape index (κ1) is 19.7. The first-order valence-electron chi connectivity index (χ1n) is 8.61. The molecule has 3 aromatic rings. The molecule has 1 aliphatic rings. The Morgan fingerprint density at radius 2 is 2.07 bits per heavy atom. The van der Waals surface area contributed by atoms with Gasteiger partial charge in [-0.05, 0) is 5.56 Å². The average Bonchev–Trinajstić information content (AvgIpc) is 3.29. The molecule has 0 spiro atoms. The van der Waals surface area contributed by atoms with Crippen molar-refractivity contribution >= 4 is 28.6 Å². The topological polar surface area (TPSA) is 157 Å². The molecule has 11 nitrogen and oxygen atoms in total. The van der Waals surface area contributed by atoms with Crippen molar-refractivity contribution in [1.82, 2.24) is 19.5 Å². The van der Waals surface area contributed by atoms with E-state index in [0.717, 1.165) is 5.56 Å². The number of nitro groups is 1. The molecule has 0 saturated carbocycles. The number of aliphatic hydroxyl groups excluding tert-OH is 2. The molecule has 1 aliphatic heterocycles. The van der Waals surface area contributed by atoms with Crippen LogP contribution < -0.4 is 0 Å². The van der Waals surface area contributed by atoms with E-state index in [1.807, 2.05) is 0 Å². The normalized spacial score (nSPS) is 24.2. The monoisotopic (exact) mass is 419 g/mol. The lowest BCUT2D eigenvalue weighted by atomic mass is 10.1. The van der Waals surface area contributed by atoms with Gasteiger partial charge in [0.15, 0.2) is 11.4 Å². The number of non-ortho nitro benzene ring substituents is 1. The number of hydrogen-bond donors (Lipinski definition) is 3. The van der Waals surface area contributed by atoms with Crippen molar-refractivity contribution in [3.05, 3.63) is 52.6 Å². The van der Waals surface area contributed by atoms with Crippen molar-refractivity contribution in [2.24, 2.45) is 0 Å². The van der Waals surface area contributed by atoms with Crippen molar-refractivity contribution in [2.75, 3.05) is 13.2 Å². The standard InChI is InChI=1S/C17H17N5O6S/c23-5-12-14(24)17(25,7-28-12)21-9-20-13-15(21)18-8-19-16(13)29-6-10-1-3-11(4-2-10)22(26)27/h1-4,8-9,12,14,23-25H,5-7H2/t12-,14-,17-/m1/s1. The smallest absolute Gasteiger partial charge is 0.269 e. The average molecular weight is 419 g/mol. The molecule has 2 aromatic heterocycles. The van der Waals surface area contributed by atoms with Crippen LogP contribution in [-0.4, -0.2) is 65.2 Å². The lowest BCUT2D eigenvalue weighted by Crippen LogP contribution is -2.46. The van der Waals surface area contributed by atoms with Crippen LogP contribution >= 0.6 is 11.8 Å². The molecule has 0 radical (unpaired) electrons. The molecule has 29 heavy (non-hydrogen) atoms. The Kier molecular flexibility index (Phi) is 5.19. The number of aromatic nitrogens is 4. The number of nitrogens with zero attached hydrogens (tertiary/aromatic N) is 5. The minimum Gasteiger partial charge on any atom is -0.394 e. The van der Waals surface area contributed by atoms with Gasteiger partial charge in [-0.25, -0.2) is 15.0 Å². The van der Waals surface area contributed by atoms with Gasteiger partial charge in [0.25, 0.3) is 5.69 Å². The predicted molar refractivity (Wildman–Crippen MR) is 101 cm³/mol. The summed E-state index contributed by atoms with van der Waals surface area (Å²) in [5, 5.41) is 41.8. The Hall–Kier alpha value is -2.64. The van der Waals surface area contributed by atoms with Crippen molar-refractivity contribution in [3.63, 3.8) is 0 Å². The molecule has 0 bridgehead atoms. The number of ether oxygens (including phenoxy) is 1. The maximum Gasteiger partial charge on any atom is 0.269 e. The number of fused-ring (bicyclic) bond motifs is 1. The maximum atomic E-state index is 10.9. The molecule has 4 rings (SSSR count). The van der Waals surface area contributed by atoms with E-state index in [2.05, 4.69) is 15.0 Å². The second-order valence-electron chi connectivity index (χ2n) is 6.53. The second kappa shape index (κ2) is 7.65. The number of thioether (sulfide) groups is 1. The summed E-state index contributed by atoms with van der Waals surface area (Å²) in [5.74, 6) is 0.500. The maximum absolute atomic E-state index is 10.9. The molecule has 1 fully saturated rings. The zero-order chi connectivity index (χ0) is 20.6. The molecule has 3 atom stereocenters. The highest BCUT2D eigenvalue weighted by Crippen LogP contribution is 2.34. The molecular formula is C17H17N5O6S. The van der Waals surface area contributed by atoms with Crippen LogP contribution in [0.5, 0.6) is 0 Å². The third-order valence-electron chi connectivity index (χ3n) is 4.76. The quantitative estimate of drug-likeness (QED) is 0.221. The number of imidazole rings is 1. The molecule has 152 valence electrons. The van der Waals surface area contributed by atoms with Crippen molar-refractivity contribution < 1.29 is 25.0 Å². The van der Waals surface area contributed by atoms with E-state index in [1.54, 1.807) is 12.1 Å². The number of hydrogen-bond acceptors (Lipinski definition) is 10. The Morgan fingerprint density at radius 3 is 2.72 bits per heavy atom.